The maximum absolute atomic E-state index is 13.0. The summed E-state index contributed by atoms with van der Waals surface area (Å²) in [7, 11) is -1.61. The molecular formula is C17H25ClN2O2S. The maximum atomic E-state index is 13.0. The molecule has 2 heterocycles. The summed E-state index contributed by atoms with van der Waals surface area (Å²) >= 11 is 0. The highest BCUT2D eigenvalue weighted by Crippen LogP contribution is 2.32. The van der Waals surface area contributed by atoms with Crippen molar-refractivity contribution in [3.8, 4) is 0 Å². The molecule has 2 bridgehead atoms. The maximum Gasteiger partial charge on any atom is 0.243 e. The molecular weight excluding hydrogens is 332 g/mol. The van der Waals surface area contributed by atoms with Gasteiger partial charge in [-0.15, -0.1) is 12.4 Å². The Balaban J connectivity index is 0.00000156. The van der Waals surface area contributed by atoms with Crippen LogP contribution >= 0.6 is 12.4 Å². The minimum atomic E-state index is -3.37. The Morgan fingerprint density at radius 3 is 2.43 bits per heavy atom. The number of hydrogen-bond donors (Lipinski definition) is 1. The first kappa shape index (κ1) is 17.2. The third-order valence-electron chi connectivity index (χ3n) is 5.71. The van der Waals surface area contributed by atoms with E-state index in [1.807, 2.05) is 12.1 Å². The van der Waals surface area contributed by atoms with Gasteiger partial charge in [-0.2, -0.15) is 4.31 Å². The minimum Gasteiger partial charge on any atom is -0.311 e. The van der Waals surface area contributed by atoms with Crippen molar-refractivity contribution in [1.82, 2.24) is 9.62 Å². The molecule has 128 valence electrons. The van der Waals surface area contributed by atoms with Crippen molar-refractivity contribution in [3.63, 3.8) is 0 Å². The summed E-state index contributed by atoms with van der Waals surface area (Å²) in [6.45, 7) is 0. The molecule has 2 fully saturated rings. The lowest BCUT2D eigenvalue weighted by atomic mass is 10.0. The van der Waals surface area contributed by atoms with Gasteiger partial charge in [0.1, 0.15) is 0 Å². The van der Waals surface area contributed by atoms with Gasteiger partial charge in [0.2, 0.25) is 10.0 Å². The van der Waals surface area contributed by atoms with E-state index in [-0.39, 0.29) is 18.4 Å². The van der Waals surface area contributed by atoms with E-state index in [9.17, 15) is 8.42 Å². The molecule has 23 heavy (non-hydrogen) atoms. The van der Waals surface area contributed by atoms with Crippen molar-refractivity contribution >= 4 is 22.4 Å². The third kappa shape index (κ3) is 3.04. The normalized spacial score (nSPS) is 29.4. The summed E-state index contributed by atoms with van der Waals surface area (Å²) in [5.74, 6) is 0. The lowest BCUT2D eigenvalue weighted by Gasteiger charge is -2.34. The number of sulfonamides is 1. The molecule has 2 unspecified atom stereocenters. The zero-order chi connectivity index (χ0) is 15.3. The first-order chi connectivity index (χ1) is 10.5. The van der Waals surface area contributed by atoms with Gasteiger partial charge in [0.05, 0.1) is 4.90 Å². The Morgan fingerprint density at radius 2 is 1.74 bits per heavy atom. The Hall–Kier alpha value is -0.620. The highest BCUT2D eigenvalue weighted by Gasteiger charge is 2.38. The van der Waals surface area contributed by atoms with Crippen LogP contribution in [0.3, 0.4) is 0 Å². The Kier molecular flexibility index (Phi) is 4.76. The van der Waals surface area contributed by atoms with Crippen LogP contribution < -0.4 is 5.32 Å². The van der Waals surface area contributed by atoms with E-state index in [4.69, 9.17) is 0 Å². The highest BCUT2D eigenvalue weighted by molar-refractivity contribution is 7.89. The molecule has 1 aromatic carbocycles. The zero-order valence-electron chi connectivity index (χ0n) is 13.5. The molecule has 2 atom stereocenters. The Labute approximate surface area is 145 Å². The van der Waals surface area contributed by atoms with E-state index < -0.39 is 10.0 Å². The molecule has 4 nitrogen and oxygen atoms in total. The predicted octanol–water partition coefficient (Wildman–Crippen LogP) is 2.50. The zero-order valence-corrected chi connectivity index (χ0v) is 15.1. The van der Waals surface area contributed by atoms with Crippen LogP contribution in [0.15, 0.2) is 23.1 Å². The molecule has 0 spiro atoms. The molecule has 1 aromatic rings. The summed E-state index contributed by atoms with van der Waals surface area (Å²) in [4.78, 5) is 0.474. The summed E-state index contributed by atoms with van der Waals surface area (Å²) in [6.07, 6.45) is 7.51. The van der Waals surface area contributed by atoms with Crippen LogP contribution in [0, 0.1) is 0 Å². The van der Waals surface area contributed by atoms with Crippen LogP contribution in [0.1, 0.15) is 43.2 Å². The van der Waals surface area contributed by atoms with Gasteiger partial charge in [0, 0.05) is 25.2 Å². The minimum absolute atomic E-state index is 0. The lowest BCUT2D eigenvalue weighted by molar-refractivity contribution is 0.251. The van der Waals surface area contributed by atoms with Crippen LogP contribution in [0.5, 0.6) is 0 Å². The number of hydrogen-bond acceptors (Lipinski definition) is 3. The molecule has 4 rings (SSSR count). The molecule has 0 saturated carbocycles. The van der Waals surface area contributed by atoms with Crippen LogP contribution in [-0.4, -0.2) is 37.9 Å². The SMILES string of the molecule is CN(C1CC2CCC(C1)N2)S(=O)(=O)c1ccc2c(c1)CCC2.Cl. The summed E-state index contributed by atoms with van der Waals surface area (Å²) in [6, 6.07) is 6.85. The van der Waals surface area contributed by atoms with Crippen molar-refractivity contribution in [1.29, 1.82) is 0 Å². The van der Waals surface area contributed by atoms with Crippen molar-refractivity contribution in [2.24, 2.45) is 0 Å². The number of rotatable bonds is 3. The molecule has 3 aliphatic rings. The van der Waals surface area contributed by atoms with Gasteiger partial charge in [-0.05, 0) is 68.2 Å². The van der Waals surface area contributed by atoms with Crippen LogP contribution in [0.25, 0.3) is 0 Å². The van der Waals surface area contributed by atoms with Crippen molar-refractivity contribution in [3.05, 3.63) is 29.3 Å². The first-order valence-electron chi connectivity index (χ1n) is 8.40. The average molecular weight is 357 g/mol. The van der Waals surface area contributed by atoms with Gasteiger partial charge in [-0.3, -0.25) is 0 Å². The fourth-order valence-corrected chi connectivity index (χ4v) is 5.82. The fourth-order valence-electron chi connectivity index (χ4n) is 4.40. The van der Waals surface area contributed by atoms with Crippen LogP contribution in [0.2, 0.25) is 0 Å². The fraction of sp³-hybridized carbons (Fsp3) is 0.647. The second kappa shape index (κ2) is 6.36. The molecule has 0 amide bonds. The number of benzene rings is 1. The van der Waals surface area contributed by atoms with Gasteiger partial charge in [0.25, 0.3) is 0 Å². The number of aryl methyl sites for hydroxylation is 2. The number of nitrogens with zero attached hydrogens (tertiary/aromatic N) is 1. The molecule has 0 radical (unpaired) electrons. The molecule has 2 aliphatic heterocycles. The average Bonchev–Trinajstić information content (AvgIpc) is 3.11. The Bertz CT molecular complexity index is 680. The first-order valence-corrected chi connectivity index (χ1v) is 9.84. The van der Waals surface area contributed by atoms with E-state index in [0.717, 1.165) is 32.1 Å². The summed E-state index contributed by atoms with van der Waals surface area (Å²) in [5, 5.41) is 3.58. The standard InChI is InChI=1S/C17H24N2O2S.ClH/c1-19(16-10-14-6-7-15(11-16)18-14)22(20,21)17-8-5-12-3-2-4-13(12)9-17;/h5,8-9,14-16,18H,2-4,6-7,10-11H2,1H3;1H. The molecule has 1 aliphatic carbocycles. The van der Waals surface area contributed by atoms with Crippen LogP contribution in [-0.2, 0) is 22.9 Å². The van der Waals surface area contributed by atoms with E-state index in [1.165, 1.54) is 24.0 Å². The molecule has 2 saturated heterocycles. The van der Waals surface area contributed by atoms with E-state index >= 15 is 0 Å². The summed E-state index contributed by atoms with van der Waals surface area (Å²) in [5.41, 5.74) is 2.54. The van der Waals surface area contributed by atoms with Gasteiger partial charge in [0.15, 0.2) is 0 Å². The number of nitrogens with one attached hydrogen (secondary N) is 1. The van der Waals surface area contributed by atoms with Crippen molar-refractivity contribution in [2.75, 3.05) is 7.05 Å². The molecule has 6 heteroatoms. The lowest BCUT2D eigenvalue weighted by Crippen LogP contribution is -2.48. The second-order valence-corrected chi connectivity index (χ2v) is 9.07. The Morgan fingerprint density at radius 1 is 1.09 bits per heavy atom. The quantitative estimate of drug-likeness (QED) is 0.905. The number of halogens is 1. The van der Waals surface area contributed by atoms with Gasteiger partial charge in [-0.25, -0.2) is 8.42 Å². The highest BCUT2D eigenvalue weighted by atomic mass is 35.5. The van der Waals surface area contributed by atoms with E-state index in [1.54, 1.807) is 17.4 Å². The van der Waals surface area contributed by atoms with E-state index in [0.29, 0.717) is 17.0 Å². The van der Waals surface area contributed by atoms with Gasteiger partial charge >= 0.3 is 0 Å². The van der Waals surface area contributed by atoms with Gasteiger partial charge < -0.3 is 5.32 Å². The summed E-state index contributed by atoms with van der Waals surface area (Å²) < 4.78 is 27.6. The number of piperidine rings is 1. The van der Waals surface area contributed by atoms with Gasteiger partial charge in [-0.1, -0.05) is 6.07 Å². The van der Waals surface area contributed by atoms with Crippen molar-refractivity contribution < 1.29 is 8.42 Å². The second-order valence-electron chi connectivity index (χ2n) is 7.07. The predicted molar refractivity (Wildman–Crippen MR) is 93.6 cm³/mol. The van der Waals surface area contributed by atoms with E-state index in [2.05, 4.69) is 5.32 Å². The monoisotopic (exact) mass is 356 g/mol. The molecule has 1 N–H and O–H groups in total. The van der Waals surface area contributed by atoms with Crippen molar-refractivity contribution in [2.45, 2.75) is 68.0 Å². The topological polar surface area (TPSA) is 49.4 Å². The smallest absolute Gasteiger partial charge is 0.243 e. The third-order valence-corrected chi connectivity index (χ3v) is 7.62. The number of fused-ring (bicyclic) bond motifs is 3. The van der Waals surface area contributed by atoms with Crippen LogP contribution in [0.4, 0.5) is 0 Å². The molecule has 0 aromatic heterocycles. The largest absolute Gasteiger partial charge is 0.311 e.